The minimum Gasteiger partial charge on any atom is -0.480 e. The average Bonchev–Trinajstić information content (AvgIpc) is 2.79. The maximum absolute atomic E-state index is 10.3. The van der Waals surface area contributed by atoms with Crippen molar-refractivity contribution >= 4 is 5.97 Å². The number of imidazole rings is 1. The molecule has 0 spiro atoms. The van der Waals surface area contributed by atoms with Crippen molar-refractivity contribution in [3.8, 4) is 0 Å². The van der Waals surface area contributed by atoms with Crippen LogP contribution >= 0.6 is 0 Å². The van der Waals surface area contributed by atoms with E-state index in [0.29, 0.717) is 0 Å². The predicted molar refractivity (Wildman–Crippen MR) is 67.7 cm³/mol. The van der Waals surface area contributed by atoms with Crippen LogP contribution in [0.5, 0.6) is 0 Å². The van der Waals surface area contributed by atoms with Gasteiger partial charge in [-0.2, -0.15) is 0 Å². The third-order valence-electron chi connectivity index (χ3n) is 2.27. The zero-order valence-electron chi connectivity index (χ0n) is 10.6. The Labute approximate surface area is 102 Å². The lowest BCUT2D eigenvalue weighted by Gasteiger charge is -2.02. The number of H-pyrrole nitrogens is 1. The number of carbonyl (C=O) groups is 1. The van der Waals surface area contributed by atoms with Gasteiger partial charge in [-0.15, -0.1) is 0 Å². The van der Waals surface area contributed by atoms with Crippen LogP contribution in [-0.4, -0.2) is 27.1 Å². The Kier molecular flexibility index (Phi) is 9.05. The molecule has 1 aromatic rings. The van der Waals surface area contributed by atoms with Gasteiger partial charge in [0, 0.05) is 18.3 Å². The smallest absolute Gasteiger partial charge is 0.320 e. The molecule has 0 saturated heterocycles. The zero-order chi connectivity index (χ0) is 13.1. The van der Waals surface area contributed by atoms with E-state index in [0.717, 1.165) is 5.69 Å². The number of nitrogens with zero attached hydrogens (tertiary/aromatic N) is 1. The molecule has 5 nitrogen and oxygen atoms in total. The van der Waals surface area contributed by atoms with Gasteiger partial charge >= 0.3 is 5.97 Å². The van der Waals surface area contributed by atoms with Gasteiger partial charge < -0.3 is 15.8 Å². The molecule has 17 heavy (non-hydrogen) atoms. The Hall–Kier alpha value is -1.36. The second-order valence-corrected chi connectivity index (χ2v) is 3.93. The molecule has 0 aliphatic rings. The first-order valence-electron chi connectivity index (χ1n) is 6.07. The Morgan fingerprint density at radius 3 is 2.41 bits per heavy atom. The van der Waals surface area contributed by atoms with Crippen molar-refractivity contribution in [3.63, 3.8) is 0 Å². The van der Waals surface area contributed by atoms with E-state index in [9.17, 15) is 4.79 Å². The summed E-state index contributed by atoms with van der Waals surface area (Å²) in [5, 5.41) is 8.42. The van der Waals surface area contributed by atoms with Gasteiger partial charge in [-0.25, -0.2) is 4.98 Å². The molecule has 0 saturated carbocycles. The predicted octanol–water partition coefficient (Wildman–Crippen LogP) is 1.95. The van der Waals surface area contributed by atoms with Crippen LogP contribution in [0.2, 0.25) is 0 Å². The number of rotatable bonds is 6. The molecule has 0 fully saturated rings. The Balaban J connectivity index is 0.000000366. The first-order valence-corrected chi connectivity index (χ1v) is 6.07. The summed E-state index contributed by atoms with van der Waals surface area (Å²) in [5.41, 5.74) is 6.00. The van der Waals surface area contributed by atoms with Gasteiger partial charge in [-0.1, -0.05) is 39.5 Å². The fourth-order valence-electron chi connectivity index (χ4n) is 1.22. The molecular formula is C12H23N3O2. The fraction of sp³-hybridized carbons (Fsp3) is 0.667. The third kappa shape index (κ3) is 8.45. The number of nitrogens with one attached hydrogen (secondary N) is 1. The fourth-order valence-corrected chi connectivity index (χ4v) is 1.22. The minimum atomic E-state index is -1.00. The summed E-state index contributed by atoms with van der Waals surface area (Å²) < 4.78 is 0. The van der Waals surface area contributed by atoms with Gasteiger partial charge in [0.25, 0.3) is 0 Å². The van der Waals surface area contributed by atoms with Crippen LogP contribution in [-0.2, 0) is 11.2 Å². The molecule has 1 aromatic heterocycles. The van der Waals surface area contributed by atoms with Crippen LogP contribution in [0, 0.1) is 0 Å². The van der Waals surface area contributed by atoms with Gasteiger partial charge in [0.15, 0.2) is 0 Å². The van der Waals surface area contributed by atoms with Gasteiger partial charge in [0.1, 0.15) is 6.04 Å². The van der Waals surface area contributed by atoms with Crippen molar-refractivity contribution in [3.05, 3.63) is 18.2 Å². The van der Waals surface area contributed by atoms with Crippen molar-refractivity contribution in [2.24, 2.45) is 5.73 Å². The van der Waals surface area contributed by atoms with Crippen LogP contribution in [0.3, 0.4) is 0 Å². The van der Waals surface area contributed by atoms with Crippen molar-refractivity contribution in [1.29, 1.82) is 0 Å². The number of aromatic amines is 1. The number of aliphatic carboxylic acids is 1. The molecule has 0 unspecified atom stereocenters. The van der Waals surface area contributed by atoms with Crippen molar-refractivity contribution in [1.82, 2.24) is 9.97 Å². The molecule has 0 aliphatic heterocycles. The van der Waals surface area contributed by atoms with Crippen LogP contribution in [0.4, 0.5) is 0 Å². The van der Waals surface area contributed by atoms with E-state index >= 15 is 0 Å². The number of unbranched alkanes of at least 4 members (excludes halogenated alkanes) is 3. The number of aromatic nitrogens is 2. The highest BCUT2D eigenvalue weighted by molar-refractivity contribution is 5.73. The monoisotopic (exact) mass is 241 g/mol. The highest BCUT2D eigenvalue weighted by Crippen LogP contribution is 1.96. The summed E-state index contributed by atoms with van der Waals surface area (Å²) >= 11 is 0. The molecule has 0 aromatic carbocycles. The zero-order valence-corrected chi connectivity index (χ0v) is 10.6. The number of hydrogen-bond donors (Lipinski definition) is 3. The normalized spacial score (nSPS) is 11.5. The van der Waals surface area contributed by atoms with E-state index < -0.39 is 12.0 Å². The molecule has 1 rings (SSSR count). The topological polar surface area (TPSA) is 92.0 Å². The molecule has 1 heterocycles. The molecule has 4 N–H and O–H groups in total. The SMILES string of the molecule is CCCCCC.N[C@@H](Cc1cnc[nH]1)C(=O)O. The van der Waals surface area contributed by atoms with E-state index in [-0.39, 0.29) is 6.42 Å². The molecule has 0 amide bonds. The highest BCUT2D eigenvalue weighted by atomic mass is 16.4. The Bertz CT molecular complexity index is 282. The molecule has 0 aliphatic carbocycles. The summed E-state index contributed by atoms with van der Waals surface area (Å²) in [6.07, 6.45) is 8.87. The first kappa shape index (κ1) is 15.6. The summed E-state index contributed by atoms with van der Waals surface area (Å²) in [4.78, 5) is 16.8. The largest absolute Gasteiger partial charge is 0.480 e. The van der Waals surface area contributed by atoms with Gasteiger partial charge in [-0.05, 0) is 0 Å². The van der Waals surface area contributed by atoms with Gasteiger partial charge in [-0.3, -0.25) is 4.79 Å². The van der Waals surface area contributed by atoms with Gasteiger partial charge in [0.2, 0.25) is 0 Å². The summed E-state index contributed by atoms with van der Waals surface area (Å²) in [7, 11) is 0. The number of carboxylic acid groups (broad SMARTS) is 1. The van der Waals surface area contributed by atoms with Crippen molar-refractivity contribution < 1.29 is 9.90 Å². The molecule has 0 bridgehead atoms. The van der Waals surface area contributed by atoms with Crippen molar-refractivity contribution in [2.45, 2.75) is 52.0 Å². The van der Waals surface area contributed by atoms with Gasteiger partial charge in [0.05, 0.1) is 6.33 Å². The maximum Gasteiger partial charge on any atom is 0.320 e. The molecule has 5 heteroatoms. The number of hydrogen-bond acceptors (Lipinski definition) is 3. The maximum atomic E-state index is 10.3. The quantitative estimate of drug-likeness (QED) is 0.664. The lowest BCUT2D eigenvalue weighted by molar-refractivity contribution is -0.138. The molecular weight excluding hydrogens is 218 g/mol. The molecule has 1 atom stereocenters. The van der Waals surface area contributed by atoms with E-state index in [1.54, 1.807) is 6.20 Å². The highest BCUT2D eigenvalue weighted by Gasteiger charge is 2.11. The summed E-state index contributed by atoms with van der Waals surface area (Å²) in [6, 6.07) is -0.851. The molecule has 0 radical (unpaired) electrons. The minimum absolute atomic E-state index is 0.287. The second kappa shape index (κ2) is 9.84. The standard InChI is InChI=1S/C6H9N3O2.C6H14/c7-5(6(10)11)1-4-2-8-3-9-4;1-3-5-6-4-2/h2-3,5H,1,7H2,(H,8,9)(H,10,11);3-6H2,1-2H3/t5-;/m0./s1. The van der Waals surface area contributed by atoms with E-state index in [1.807, 2.05) is 0 Å². The summed E-state index contributed by atoms with van der Waals surface area (Å²) in [5.74, 6) is -1.00. The average molecular weight is 241 g/mol. The Morgan fingerprint density at radius 1 is 1.47 bits per heavy atom. The van der Waals surface area contributed by atoms with Crippen LogP contribution in [0.15, 0.2) is 12.5 Å². The molecule has 98 valence electrons. The van der Waals surface area contributed by atoms with E-state index in [2.05, 4.69) is 23.8 Å². The van der Waals surface area contributed by atoms with E-state index in [4.69, 9.17) is 10.8 Å². The number of nitrogens with two attached hydrogens (primary N) is 1. The van der Waals surface area contributed by atoms with Crippen LogP contribution in [0.1, 0.15) is 45.2 Å². The Morgan fingerprint density at radius 2 is 2.06 bits per heavy atom. The number of carboxylic acids is 1. The van der Waals surface area contributed by atoms with Crippen LogP contribution < -0.4 is 5.73 Å². The van der Waals surface area contributed by atoms with Crippen LogP contribution in [0.25, 0.3) is 0 Å². The van der Waals surface area contributed by atoms with E-state index in [1.165, 1.54) is 32.0 Å². The lowest BCUT2D eigenvalue weighted by Crippen LogP contribution is -2.32. The summed E-state index contributed by atoms with van der Waals surface area (Å²) in [6.45, 7) is 4.46. The van der Waals surface area contributed by atoms with Crippen molar-refractivity contribution in [2.75, 3.05) is 0 Å². The first-order chi connectivity index (χ1) is 8.11. The lowest BCUT2D eigenvalue weighted by atomic mass is 10.2. The third-order valence-corrected chi connectivity index (χ3v) is 2.27. The second-order valence-electron chi connectivity index (χ2n) is 3.93.